The largest absolute Gasteiger partial charge is 0.366 e. The number of rotatable bonds is 4. The Morgan fingerprint density at radius 1 is 1.56 bits per heavy atom. The summed E-state index contributed by atoms with van der Waals surface area (Å²) >= 11 is 0. The van der Waals surface area contributed by atoms with E-state index in [-0.39, 0.29) is 18.1 Å². The first-order valence-corrected chi connectivity index (χ1v) is 5.38. The maximum absolute atomic E-state index is 11.5. The molecule has 0 aliphatic carbocycles. The molecule has 0 spiro atoms. The molecule has 16 heavy (non-hydrogen) atoms. The molecular formula is C11H19N3O2. The van der Waals surface area contributed by atoms with Crippen molar-refractivity contribution in [2.24, 2.45) is 0 Å². The summed E-state index contributed by atoms with van der Waals surface area (Å²) in [5.41, 5.74) is 0.683. The highest BCUT2D eigenvalue weighted by Crippen LogP contribution is 2.11. The van der Waals surface area contributed by atoms with E-state index in [0.29, 0.717) is 5.82 Å². The lowest BCUT2D eigenvalue weighted by Gasteiger charge is -2.18. The zero-order chi connectivity index (χ0) is 12.2. The molecule has 1 rings (SSSR count). The molecule has 0 bridgehead atoms. The number of hydrogen-bond acceptors (Lipinski definition) is 3. The maximum Gasteiger partial charge on any atom is 0.251 e. The van der Waals surface area contributed by atoms with E-state index in [9.17, 15) is 4.79 Å². The second-order valence-corrected chi connectivity index (χ2v) is 4.57. The summed E-state index contributed by atoms with van der Waals surface area (Å²) in [6.45, 7) is 7.79. The van der Waals surface area contributed by atoms with Crippen LogP contribution in [-0.4, -0.2) is 28.3 Å². The Hall–Kier alpha value is -1.36. The van der Waals surface area contributed by atoms with Crippen molar-refractivity contribution in [2.75, 3.05) is 11.9 Å². The van der Waals surface area contributed by atoms with Crippen LogP contribution in [0.1, 0.15) is 33.3 Å². The van der Waals surface area contributed by atoms with E-state index in [1.807, 2.05) is 27.7 Å². The third-order valence-corrected chi connectivity index (χ3v) is 2.00. The van der Waals surface area contributed by atoms with Gasteiger partial charge in [0, 0.05) is 5.56 Å². The zero-order valence-corrected chi connectivity index (χ0v) is 10.3. The number of hydrogen-bond donors (Lipinski definition) is 2. The van der Waals surface area contributed by atoms with Crippen molar-refractivity contribution in [3.05, 3.63) is 11.8 Å². The molecule has 0 radical (unpaired) electrons. The van der Waals surface area contributed by atoms with Gasteiger partial charge in [-0.1, -0.05) is 6.92 Å². The van der Waals surface area contributed by atoms with Gasteiger partial charge >= 0.3 is 0 Å². The van der Waals surface area contributed by atoms with Gasteiger partial charge in [-0.05, 0) is 27.2 Å². The van der Waals surface area contributed by atoms with Gasteiger partial charge in [-0.3, -0.25) is 9.89 Å². The SMILES string of the molecule is CCc1cn[nH]c1NC(=O)COC(C)(C)C. The minimum absolute atomic E-state index is 0.0473. The number of carbonyl (C=O) groups excluding carboxylic acids is 1. The van der Waals surface area contributed by atoms with E-state index in [1.165, 1.54) is 0 Å². The number of amides is 1. The third-order valence-electron chi connectivity index (χ3n) is 2.00. The number of aromatic amines is 1. The second-order valence-electron chi connectivity index (χ2n) is 4.57. The number of nitrogens with one attached hydrogen (secondary N) is 2. The second kappa shape index (κ2) is 5.12. The fourth-order valence-electron chi connectivity index (χ4n) is 1.14. The highest BCUT2D eigenvalue weighted by Gasteiger charge is 2.14. The summed E-state index contributed by atoms with van der Waals surface area (Å²) in [7, 11) is 0. The first-order chi connectivity index (χ1) is 7.42. The molecule has 0 unspecified atom stereocenters. The number of anilines is 1. The van der Waals surface area contributed by atoms with E-state index in [4.69, 9.17) is 4.74 Å². The molecule has 0 saturated carbocycles. The Morgan fingerprint density at radius 2 is 2.25 bits per heavy atom. The lowest BCUT2D eigenvalue weighted by Crippen LogP contribution is -2.27. The van der Waals surface area contributed by atoms with Crippen molar-refractivity contribution in [1.82, 2.24) is 10.2 Å². The summed E-state index contributed by atoms with van der Waals surface area (Å²) in [4.78, 5) is 11.5. The molecule has 0 fully saturated rings. The summed E-state index contributed by atoms with van der Waals surface area (Å²) < 4.78 is 5.37. The molecule has 0 atom stereocenters. The van der Waals surface area contributed by atoms with E-state index in [0.717, 1.165) is 12.0 Å². The van der Waals surface area contributed by atoms with E-state index >= 15 is 0 Å². The van der Waals surface area contributed by atoms with Crippen molar-refractivity contribution >= 4 is 11.7 Å². The fraction of sp³-hybridized carbons (Fsp3) is 0.636. The molecule has 0 aliphatic rings. The van der Waals surface area contributed by atoms with Crippen molar-refractivity contribution in [1.29, 1.82) is 0 Å². The Labute approximate surface area is 95.6 Å². The lowest BCUT2D eigenvalue weighted by molar-refractivity contribution is -0.125. The van der Waals surface area contributed by atoms with Gasteiger partial charge in [-0.2, -0.15) is 5.10 Å². The summed E-state index contributed by atoms with van der Waals surface area (Å²) in [5, 5.41) is 9.35. The van der Waals surface area contributed by atoms with Gasteiger partial charge < -0.3 is 10.1 Å². The molecule has 1 aromatic rings. The molecule has 5 heteroatoms. The van der Waals surface area contributed by atoms with Crippen molar-refractivity contribution in [3.63, 3.8) is 0 Å². The smallest absolute Gasteiger partial charge is 0.251 e. The van der Waals surface area contributed by atoms with Gasteiger partial charge in [0.15, 0.2) is 0 Å². The van der Waals surface area contributed by atoms with Gasteiger partial charge in [0.1, 0.15) is 12.4 Å². The van der Waals surface area contributed by atoms with Crippen LogP contribution in [0.15, 0.2) is 6.20 Å². The Kier molecular flexibility index (Phi) is 4.06. The van der Waals surface area contributed by atoms with E-state index in [2.05, 4.69) is 15.5 Å². The van der Waals surface area contributed by atoms with Crippen LogP contribution in [-0.2, 0) is 16.0 Å². The van der Waals surface area contributed by atoms with Crippen LogP contribution in [0.5, 0.6) is 0 Å². The third kappa shape index (κ3) is 4.02. The van der Waals surface area contributed by atoms with Gasteiger partial charge in [0.05, 0.1) is 11.8 Å². The van der Waals surface area contributed by atoms with Gasteiger partial charge in [0.25, 0.3) is 5.91 Å². The quantitative estimate of drug-likeness (QED) is 0.820. The van der Waals surface area contributed by atoms with Crippen molar-refractivity contribution < 1.29 is 9.53 Å². The predicted octanol–water partition coefficient (Wildman–Crippen LogP) is 1.73. The van der Waals surface area contributed by atoms with Gasteiger partial charge in [-0.15, -0.1) is 0 Å². The minimum atomic E-state index is -0.307. The first-order valence-electron chi connectivity index (χ1n) is 5.38. The number of nitrogens with zero attached hydrogens (tertiary/aromatic N) is 1. The maximum atomic E-state index is 11.5. The molecule has 1 aromatic heterocycles. The van der Waals surface area contributed by atoms with Crippen molar-refractivity contribution in [2.45, 2.75) is 39.7 Å². The lowest BCUT2D eigenvalue weighted by atomic mass is 10.2. The molecular weight excluding hydrogens is 206 g/mol. The fourth-order valence-corrected chi connectivity index (χ4v) is 1.14. The van der Waals surface area contributed by atoms with Gasteiger partial charge in [-0.25, -0.2) is 0 Å². The minimum Gasteiger partial charge on any atom is -0.366 e. The number of H-pyrrole nitrogens is 1. The molecule has 0 aromatic carbocycles. The molecule has 1 heterocycles. The van der Waals surface area contributed by atoms with Crippen LogP contribution in [0.25, 0.3) is 0 Å². The summed E-state index contributed by atoms with van der Waals surface area (Å²) in [5.74, 6) is 0.485. The Bertz CT molecular complexity index is 352. The average molecular weight is 225 g/mol. The number of carbonyl (C=O) groups is 1. The van der Waals surface area contributed by atoms with Crippen LogP contribution in [0.4, 0.5) is 5.82 Å². The highest BCUT2D eigenvalue weighted by molar-refractivity contribution is 5.91. The molecule has 0 aliphatic heterocycles. The van der Waals surface area contributed by atoms with Crippen molar-refractivity contribution in [3.8, 4) is 0 Å². The standard InChI is InChI=1S/C11H19N3O2/c1-5-8-6-12-14-10(8)13-9(15)7-16-11(2,3)4/h6H,5,7H2,1-4H3,(H2,12,13,14,15). The van der Waals surface area contributed by atoms with Gasteiger partial charge in [0.2, 0.25) is 0 Å². The monoisotopic (exact) mass is 225 g/mol. The topological polar surface area (TPSA) is 67.0 Å². The molecule has 5 nitrogen and oxygen atoms in total. The van der Waals surface area contributed by atoms with Crippen LogP contribution >= 0.6 is 0 Å². The van der Waals surface area contributed by atoms with Crippen LogP contribution < -0.4 is 5.32 Å². The number of ether oxygens (including phenoxy) is 1. The normalized spacial score (nSPS) is 11.5. The van der Waals surface area contributed by atoms with E-state index < -0.39 is 0 Å². The molecule has 2 N–H and O–H groups in total. The van der Waals surface area contributed by atoms with E-state index in [1.54, 1.807) is 6.20 Å². The zero-order valence-electron chi connectivity index (χ0n) is 10.3. The summed E-state index contributed by atoms with van der Waals surface area (Å²) in [6, 6.07) is 0. The number of aryl methyl sites for hydroxylation is 1. The highest BCUT2D eigenvalue weighted by atomic mass is 16.5. The van der Waals surface area contributed by atoms with Crippen LogP contribution in [0.3, 0.4) is 0 Å². The Morgan fingerprint density at radius 3 is 2.81 bits per heavy atom. The van der Waals surface area contributed by atoms with Crippen LogP contribution in [0, 0.1) is 0 Å². The first kappa shape index (κ1) is 12.7. The summed E-state index contributed by atoms with van der Waals surface area (Å²) in [6.07, 6.45) is 2.53. The Balaban J connectivity index is 2.46. The van der Waals surface area contributed by atoms with Crippen LogP contribution in [0.2, 0.25) is 0 Å². The predicted molar refractivity (Wildman–Crippen MR) is 62.3 cm³/mol. The average Bonchev–Trinajstić information content (AvgIpc) is 2.61. The molecule has 0 saturated heterocycles. The molecule has 90 valence electrons. The molecule has 1 amide bonds. The number of aromatic nitrogens is 2.